The van der Waals surface area contributed by atoms with Crippen molar-refractivity contribution in [2.24, 2.45) is 0 Å². The molecule has 1 N–H and O–H groups in total. The first-order valence-electron chi connectivity index (χ1n) is 3.61. The highest BCUT2D eigenvalue weighted by atomic mass is 32.1. The van der Waals surface area contributed by atoms with E-state index in [0.717, 1.165) is 0 Å². The van der Waals surface area contributed by atoms with E-state index in [1.807, 2.05) is 13.8 Å². The molecule has 0 spiro atoms. The molecule has 0 aromatic carbocycles. The summed E-state index contributed by atoms with van der Waals surface area (Å²) in [5, 5.41) is 8.10. The summed E-state index contributed by atoms with van der Waals surface area (Å²) >= 11 is 4.28. The van der Waals surface area contributed by atoms with Gasteiger partial charge in [-0.2, -0.15) is 12.6 Å². The maximum Gasteiger partial charge on any atom is 0.301 e. The van der Waals surface area contributed by atoms with Crippen molar-refractivity contribution in [3.05, 3.63) is 0 Å². The van der Waals surface area contributed by atoms with Crippen molar-refractivity contribution in [1.82, 2.24) is 0 Å². The Hall–Kier alpha value is -0.115. The van der Waals surface area contributed by atoms with E-state index in [9.17, 15) is 4.79 Å². The lowest BCUT2D eigenvalue weighted by Crippen LogP contribution is -2.35. The van der Waals surface area contributed by atoms with E-state index in [1.54, 1.807) is 13.8 Å². The fourth-order valence-electron chi connectivity index (χ4n) is 1.16. The zero-order valence-electron chi connectivity index (χ0n) is 7.51. The quantitative estimate of drug-likeness (QED) is 0.500. The summed E-state index contributed by atoms with van der Waals surface area (Å²) in [5.41, 5.74) is 0. The number of carboxylic acid groups (broad SMARTS) is 1. The molecule has 0 saturated carbocycles. The Morgan fingerprint density at radius 3 is 1.82 bits per heavy atom. The smallest absolute Gasteiger partial charge is 0.301 e. The lowest BCUT2D eigenvalue weighted by molar-refractivity contribution is -0.139. The molecule has 0 radical (unpaired) electrons. The lowest BCUT2D eigenvalue weighted by atomic mass is 9.47. The number of carboxylic acids is 1. The van der Waals surface area contributed by atoms with Crippen LogP contribution in [0.2, 0.25) is 5.31 Å². The fourth-order valence-corrected chi connectivity index (χ4v) is 1.55. The van der Waals surface area contributed by atoms with E-state index in [-0.39, 0.29) is 4.65 Å². The molecule has 0 atom stereocenters. The minimum Gasteiger partial charge on any atom is -0.481 e. The van der Waals surface area contributed by atoms with Gasteiger partial charge in [-0.25, -0.2) is 0 Å². The highest BCUT2D eigenvalue weighted by molar-refractivity contribution is 7.83. The monoisotopic (exact) mass is 174 g/mol. The minimum atomic E-state index is -0.764. The summed E-state index contributed by atoms with van der Waals surface area (Å²) in [6.45, 7) is 7.27. The normalized spacial score (nSPS) is 12.8. The molecule has 0 heterocycles. The van der Waals surface area contributed by atoms with Crippen LogP contribution in [0, 0.1) is 0 Å². The Bertz CT molecular complexity index is 160. The number of rotatable bonds is 3. The maximum atomic E-state index is 10.7. The van der Waals surface area contributed by atoms with Crippen LogP contribution in [0.5, 0.6) is 0 Å². The van der Waals surface area contributed by atoms with Gasteiger partial charge in [-0.15, -0.1) is 0 Å². The topological polar surface area (TPSA) is 37.3 Å². The average molecular weight is 174 g/mol. The number of thiol groups is 1. The summed E-state index contributed by atoms with van der Waals surface area (Å²) in [6, 6.07) is 0. The average Bonchev–Trinajstić information content (AvgIpc) is 1.56. The standard InChI is InChI=1S/C7H15BO2S/c1-6(2,5(9)10)8-7(3,4)11/h8,11H,1-4H3,(H,9,10). The molecular formula is C7H15BO2S. The van der Waals surface area contributed by atoms with Crippen LogP contribution in [-0.2, 0) is 4.79 Å². The molecule has 2 nitrogen and oxygen atoms in total. The fraction of sp³-hybridized carbons (Fsp3) is 0.857. The first-order chi connectivity index (χ1) is 4.65. The highest BCUT2D eigenvalue weighted by Crippen LogP contribution is 2.29. The molecule has 0 aliphatic rings. The number of hydrogen-bond donors (Lipinski definition) is 2. The first-order valence-corrected chi connectivity index (χ1v) is 4.06. The van der Waals surface area contributed by atoms with Crippen LogP contribution < -0.4 is 0 Å². The molecule has 0 unspecified atom stereocenters. The molecule has 64 valence electrons. The van der Waals surface area contributed by atoms with Crippen LogP contribution >= 0.6 is 12.6 Å². The van der Waals surface area contributed by atoms with Gasteiger partial charge in [-0.05, 0) is 4.65 Å². The van der Waals surface area contributed by atoms with E-state index in [0.29, 0.717) is 7.28 Å². The molecule has 0 aromatic rings. The van der Waals surface area contributed by atoms with Gasteiger partial charge in [0, 0.05) is 5.31 Å². The molecule has 0 bridgehead atoms. The van der Waals surface area contributed by atoms with Crippen LogP contribution in [0.15, 0.2) is 0 Å². The van der Waals surface area contributed by atoms with Crippen LogP contribution in [0.1, 0.15) is 27.7 Å². The molecule has 4 heteroatoms. The van der Waals surface area contributed by atoms with Crippen molar-refractivity contribution in [2.75, 3.05) is 0 Å². The largest absolute Gasteiger partial charge is 0.481 e. The van der Waals surface area contributed by atoms with Gasteiger partial charge in [-0.1, -0.05) is 27.7 Å². The summed E-state index contributed by atoms with van der Waals surface area (Å²) in [6.07, 6.45) is 0. The maximum absolute atomic E-state index is 10.7. The van der Waals surface area contributed by atoms with Gasteiger partial charge in [0.05, 0.1) is 0 Å². The molecule has 0 aliphatic heterocycles. The van der Waals surface area contributed by atoms with Crippen molar-refractivity contribution in [2.45, 2.75) is 37.7 Å². The van der Waals surface area contributed by atoms with Crippen LogP contribution in [0.25, 0.3) is 0 Å². The third-order valence-electron chi connectivity index (χ3n) is 1.45. The van der Waals surface area contributed by atoms with Crippen LogP contribution in [-0.4, -0.2) is 23.0 Å². The second-order valence-corrected chi connectivity index (χ2v) is 5.39. The number of hydrogen-bond acceptors (Lipinski definition) is 2. The van der Waals surface area contributed by atoms with Crippen LogP contribution in [0.3, 0.4) is 0 Å². The molecule has 0 rings (SSSR count). The third-order valence-corrected chi connectivity index (χ3v) is 1.61. The van der Waals surface area contributed by atoms with Crippen molar-refractivity contribution in [3.63, 3.8) is 0 Å². The lowest BCUT2D eigenvalue weighted by Gasteiger charge is -2.25. The molecule has 0 aromatic heterocycles. The summed E-state index contributed by atoms with van der Waals surface area (Å²) in [7, 11) is 0.568. The van der Waals surface area contributed by atoms with E-state index in [2.05, 4.69) is 12.6 Å². The van der Waals surface area contributed by atoms with Gasteiger partial charge < -0.3 is 5.11 Å². The van der Waals surface area contributed by atoms with Crippen molar-refractivity contribution in [3.8, 4) is 0 Å². The van der Waals surface area contributed by atoms with E-state index >= 15 is 0 Å². The van der Waals surface area contributed by atoms with Gasteiger partial charge in [-0.3, -0.25) is 4.79 Å². The van der Waals surface area contributed by atoms with Crippen molar-refractivity contribution < 1.29 is 9.90 Å². The van der Waals surface area contributed by atoms with Gasteiger partial charge >= 0.3 is 5.97 Å². The van der Waals surface area contributed by atoms with Gasteiger partial charge in [0.2, 0.25) is 0 Å². The summed E-state index contributed by atoms with van der Waals surface area (Å²) < 4.78 is -0.220. The predicted molar refractivity (Wildman–Crippen MR) is 51.9 cm³/mol. The minimum absolute atomic E-state index is 0.220. The highest BCUT2D eigenvalue weighted by Gasteiger charge is 2.34. The Morgan fingerprint density at radius 2 is 1.73 bits per heavy atom. The van der Waals surface area contributed by atoms with Gasteiger partial charge in [0.15, 0.2) is 7.28 Å². The molecule has 0 saturated heterocycles. The first kappa shape index (κ1) is 10.9. The van der Waals surface area contributed by atoms with E-state index < -0.39 is 11.3 Å². The Labute approximate surface area is 74.0 Å². The number of aliphatic carboxylic acids is 1. The second-order valence-electron chi connectivity index (χ2n) is 4.18. The van der Waals surface area contributed by atoms with Crippen molar-refractivity contribution >= 4 is 25.9 Å². The van der Waals surface area contributed by atoms with Gasteiger partial charge in [0.1, 0.15) is 0 Å². The zero-order chi connectivity index (χ0) is 9.28. The SMILES string of the molecule is CC(C)(S)BC(C)(C)C(=O)O. The number of carbonyl (C=O) groups is 1. The Balaban J connectivity index is 4.25. The van der Waals surface area contributed by atoms with Crippen molar-refractivity contribution in [1.29, 1.82) is 0 Å². The Morgan fingerprint density at radius 1 is 1.36 bits per heavy atom. The van der Waals surface area contributed by atoms with E-state index in [1.165, 1.54) is 0 Å². The third kappa shape index (κ3) is 4.35. The van der Waals surface area contributed by atoms with Crippen LogP contribution in [0.4, 0.5) is 0 Å². The summed E-state index contributed by atoms with van der Waals surface area (Å²) in [4.78, 5) is 10.7. The molecule has 0 aliphatic carbocycles. The zero-order valence-corrected chi connectivity index (χ0v) is 8.40. The molecular weight excluding hydrogens is 159 g/mol. The summed E-state index contributed by atoms with van der Waals surface area (Å²) in [5.74, 6) is -0.764. The Kier molecular flexibility index (Phi) is 3.06. The van der Waals surface area contributed by atoms with Gasteiger partial charge in [0.25, 0.3) is 0 Å². The second kappa shape index (κ2) is 3.09. The molecule has 11 heavy (non-hydrogen) atoms. The molecule has 0 amide bonds. The predicted octanol–water partition coefficient (Wildman–Crippen LogP) is 1.37. The molecule has 0 fully saturated rings. The van der Waals surface area contributed by atoms with E-state index in [4.69, 9.17) is 5.11 Å².